The highest BCUT2D eigenvalue weighted by Gasteiger charge is 2.07. The predicted octanol–water partition coefficient (Wildman–Crippen LogP) is 2.86. The number of nitrogens with one attached hydrogen (secondary N) is 1. The Labute approximate surface area is 109 Å². The average Bonchev–Trinajstić information content (AvgIpc) is 2.41. The van der Waals surface area contributed by atoms with Crippen LogP contribution in [0.15, 0.2) is 42.7 Å². The van der Waals surface area contributed by atoms with Crippen LogP contribution in [-0.2, 0) is 0 Å². The molecule has 1 heterocycles. The Hall–Kier alpha value is -2.38. The fourth-order valence-electron chi connectivity index (χ4n) is 1.36. The second kappa shape index (κ2) is 5.30. The van der Waals surface area contributed by atoms with E-state index >= 15 is 0 Å². The normalized spacial score (nSPS) is 9.56. The Balaban J connectivity index is 2.17. The molecule has 2 rings (SSSR count). The Kier molecular flexibility index (Phi) is 3.56. The van der Waals surface area contributed by atoms with E-state index in [9.17, 15) is 4.79 Å². The molecule has 1 aromatic heterocycles. The lowest BCUT2D eigenvalue weighted by molar-refractivity contribution is 0.102. The third kappa shape index (κ3) is 2.84. The van der Waals surface area contributed by atoms with E-state index in [1.54, 1.807) is 24.3 Å². The number of anilines is 1. The van der Waals surface area contributed by atoms with Gasteiger partial charge in [0, 0.05) is 23.1 Å². The number of hydrogen-bond acceptors (Lipinski definition) is 3. The first-order valence-electron chi connectivity index (χ1n) is 5.11. The number of carbonyl (C=O) groups is 1. The molecule has 2 aromatic rings. The van der Waals surface area contributed by atoms with Crippen molar-refractivity contribution in [3.8, 4) is 6.07 Å². The van der Waals surface area contributed by atoms with Crippen molar-refractivity contribution in [2.75, 3.05) is 5.32 Å². The van der Waals surface area contributed by atoms with Gasteiger partial charge in [0.1, 0.15) is 6.07 Å². The van der Waals surface area contributed by atoms with E-state index in [-0.39, 0.29) is 5.91 Å². The number of benzene rings is 1. The molecule has 0 atom stereocenters. The SMILES string of the molecule is N#Cc1cncc(C(=O)Nc2ccc(Cl)cc2)c1. The van der Waals surface area contributed by atoms with E-state index < -0.39 is 0 Å². The van der Waals surface area contributed by atoms with Gasteiger partial charge in [0.15, 0.2) is 0 Å². The summed E-state index contributed by atoms with van der Waals surface area (Å²) < 4.78 is 0. The topological polar surface area (TPSA) is 65.8 Å². The number of pyridine rings is 1. The van der Waals surface area contributed by atoms with Gasteiger partial charge in [0.05, 0.1) is 11.1 Å². The Morgan fingerprint density at radius 3 is 2.67 bits per heavy atom. The summed E-state index contributed by atoms with van der Waals surface area (Å²) in [5.74, 6) is -0.318. The molecule has 0 fully saturated rings. The summed E-state index contributed by atoms with van der Waals surface area (Å²) in [7, 11) is 0. The summed E-state index contributed by atoms with van der Waals surface area (Å²) in [5, 5.41) is 12.0. The molecule has 0 spiro atoms. The summed E-state index contributed by atoms with van der Waals surface area (Å²) >= 11 is 5.75. The van der Waals surface area contributed by atoms with Crippen molar-refractivity contribution in [3.63, 3.8) is 0 Å². The summed E-state index contributed by atoms with van der Waals surface area (Å²) in [6.45, 7) is 0. The molecule has 88 valence electrons. The van der Waals surface area contributed by atoms with Gasteiger partial charge in [-0.25, -0.2) is 0 Å². The fourth-order valence-corrected chi connectivity index (χ4v) is 1.49. The van der Waals surface area contributed by atoms with E-state index in [0.717, 1.165) is 0 Å². The molecule has 1 N–H and O–H groups in total. The highest BCUT2D eigenvalue weighted by Crippen LogP contribution is 2.14. The van der Waals surface area contributed by atoms with E-state index in [4.69, 9.17) is 16.9 Å². The van der Waals surface area contributed by atoms with Gasteiger partial charge in [-0.15, -0.1) is 0 Å². The molecule has 4 nitrogen and oxygen atoms in total. The molecule has 0 radical (unpaired) electrons. The maximum absolute atomic E-state index is 11.9. The van der Waals surface area contributed by atoms with Crippen molar-refractivity contribution >= 4 is 23.2 Å². The van der Waals surface area contributed by atoms with Gasteiger partial charge in [0.2, 0.25) is 0 Å². The third-order valence-corrected chi connectivity index (χ3v) is 2.48. The monoisotopic (exact) mass is 257 g/mol. The number of carbonyl (C=O) groups excluding carboxylic acids is 1. The molecular formula is C13H8ClN3O. The first-order chi connectivity index (χ1) is 8.69. The lowest BCUT2D eigenvalue weighted by atomic mass is 10.2. The molecule has 0 saturated carbocycles. The van der Waals surface area contributed by atoms with Crippen molar-refractivity contribution in [3.05, 3.63) is 58.9 Å². The van der Waals surface area contributed by atoms with Gasteiger partial charge < -0.3 is 5.32 Å². The minimum atomic E-state index is -0.318. The van der Waals surface area contributed by atoms with Crippen molar-refractivity contribution < 1.29 is 4.79 Å². The van der Waals surface area contributed by atoms with Crippen LogP contribution in [0.4, 0.5) is 5.69 Å². The van der Waals surface area contributed by atoms with Crippen LogP contribution in [0.2, 0.25) is 5.02 Å². The molecule has 0 aliphatic heterocycles. The van der Waals surface area contributed by atoms with E-state index in [2.05, 4.69) is 10.3 Å². The number of aromatic nitrogens is 1. The first-order valence-corrected chi connectivity index (χ1v) is 5.49. The van der Waals surface area contributed by atoms with Crippen molar-refractivity contribution in [2.24, 2.45) is 0 Å². The molecule has 0 unspecified atom stereocenters. The molecule has 0 aliphatic rings. The average molecular weight is 258 g/mol. The quantitative estimate of drug-likeness (QED) is 0.900. The first kappa shape index (κ1) is 12.1. The number of rotatable bonds is 2. The van der Waals surface area contributed by atoms with Gasteiger partial charge >= 0.3 is 0 Å². The number of nitrogens with zero attached hydrogens (tertiary/aromatic N) is 2. The Bertz CT molecular complexity index is 617. The second-order valence-electron chi connectivity index (χ2n) is 3.54. The van der Waals surface area contributed by atoms with Gasteiger partial charge in [-0.2, -0.15) is 5.26 Å². The van der Waals surface area contributed by atoms with E-state index in [0.29, 0.717) is 21.8 Å². The standard InChI is InChI=1S/C13H8ClN3O/c14-11-1-3-12(4-2-11)17-13(18)10-5-9(6-15)7-16-8-10/h1-5,7-8H,(H,17,18). The zero-order chi connectivity index (χ0) is 13.0. The third-order valence-electron chi connectivity index (χ3n) is 2.23. The van der Waals surface area contributed by atoms with Crippen LogP contribution >= 0.6 is 11.6 Å². The predicted molar refractivity (Wildman–Crippen MR) is 68.4 cm³/mol. The lowest BCUT2D eigenvalue weighted by Crippen LogP contribution is -2.12. The molecule has 1 amide bonds. The smallest absolute Gasteiger partial charge is 0.257 e. The minimum absolute atomic E-state index is 0.318. The van der Waals surface area contributed by atoms with Gasteiger partial charge in [-0.1, -0.05) is 11.6 Å². The Morgan fingerprint density at radius 1 is 1.28 bits per heavy atom. The molecular weight excluding hydrogens is 250 g/mol. The number of hydrogen-bond donors (Lipinski definition) is 1. The summed E-state index contributed by atoms with van der Waals surface area (Å²) in [6, 6.07) is 10.2. The van der Waals surface area contributed by atoms with E-state index in [1.165, 1.54) is 18.5 Å². The van der Waals surface area contributed by atoms with Crippen molar-refractivity contribution in [1.82, 2.24) is 4.98 Å². The van der Waals surface area contributed by atoms with Crippen LogP contribution in [0.3, 0.4) is 0 Å². The van der Waals surface area contributed by atoms with Crippen LogP contribution < -0.4 is 5.32 Å². The maximum atomic E-state index is 11.9. The van der Waals surface area contributed by atoms with Crippen LogP contribution in [0.5, 0.6) is 0 Å². The second-order valence-corrected chi connectivity index (χ2v) is 3.97. The minimum Gasteiger partial charge on any atom is -0.322 e. The Morgan fingerprint density at radius 2 is 2.00 bits per heavy atom. The molecule has 18 heavy (non-hydrogen) atoms. The summed E-state index contributed by atoms with van der Waals surface area (Å²) in [6.07, 6.45) is 2.81. The number of halogens is 1. The zero-order valence-electron chi connectivity index (χ0n) is 9.22. The fraction of sp³-hybridized carbons (Fsp3) is 0. The maximum Gasteiger partial charge on any atom is 0.257 e. The number of amides is 1. The van der Waals surface area contributed by atoms with Gasteiger partial charge in [-0.3, -0.25) is 9.78 Å². The lowest BCUT2D eigenvalue weighted by Gasteiger charge is -2.04. The molecule has 0 aliphatic carbocycles. The molecule has 0 saturated heterocycles. The zero-order valence-corrected chi connectivity index (χ0v) is 9.98. The van der Waals surface area contributed by atoms with E-state index in [1.807, 2.05) is 6.07 Å². The van der Waals surface area contributed by atoms with Gasteiger partial charge in [-0.05, 0) is 30.3 Å². The van der Waals surface area contributed by atoms with Crippen LogP contribution in [-0.4, -0.2) is 10.9 Å². The molecule has 5 heteroatoms. The van der Waals surface area contributed by atoms with Crippen molar-refractivity contribution in [2.45, 2.75) is 0 Å². The van der Waals surface area contributed by atoms with Gasteiger partial charge in [0.25, 0.3) is 5.91 Å². The van der Waals surface area contributed by atoms with Crippen LogP contribution in [0, 0.1) is 11.3 Å². The van der Waals surface area contributed by atoms with Crippen LogP contribution in [0.1, 0.15) is 15.9 Å². The van der Waals surface area contributed by atoms with Crippen LogP contribution in [0.25, 0.3) is 0 Å². The van der Waals surface area contributed by atoms with Crippen molar-refractivity contribution in [1.29, 1.82) is 5.26 Å². The molecule has 1 aromatic carbocycles. The highest BCUT2D eigenvalue weighted by atomic mass is 35.5. The summed E-state index contributed by atoms with van der Waals surface area (Å²) in [4.78, 5) is 15.7. The summed E-state index contributed by atoms with van der Waals surface area (Å²) in [5.41, 5.74) is 1.31. The number of nitriles is 1. The highest BCUT2D eigenvalue weighted by molar-refractivity contribution is 6.30. The molecule has 0 bridgehead atoms. The largest absolute Gasteiger partial charge is 0.322 e.